The lowest BCUT2D eigenvalue weighted by atomic mass is 9.34. The Labute approximate surface area is 356 Å². The van der Waals surface area contributed by atoms with Crippen LogP contribution in [-0.2, 0) is 5.41 Å². The summed E-state index contributed by atoms with van der Waals surface area (Å²) in [6.07, 6.45) is 5.44. The van der Waals surface area contributed by atoms with Crippen molar-refractivity contribution in [3.05, 3.63) is 194 Å². The summed E-state index contributed by atoms with van der Waals surface area (Å²) < 4.78 is 8.92. The third kappa shape index (κ3) is 5.23. The summed E-state index contributed by atoms with van der Waals surface area (Å²) in [5.74, 6) is 3.36. The van der Waals surface area contributed by atoms with E-state index < -0.39 is 0 Å². The van der Waals surface area contributed by atoms with Gasteiger partial charge in [-0.1, -0.05) is 134 Å². The van der Waals surface area contributed by atoms with Gasteiger partial charge in [-0.3, -0.25) is 0 Å². The second-order valence-corrected chi connectivity index (χ2v) is 18.3. The number of aromatic nitrogens is 1. The summed E-state index contributed by atoms with van der Waals surface area (Å²) in [5, 5.41) is 4.86. The highest BCUT2D eigenvalue weighted by Gasteiger charge is 2.66. The van der Waals surface area contributed by atoms with Gasteiger partial charge in [-0.25, -0.2) is 0 Å². The number of benzene rings is 8. The lowest BCUT2D eigenvalue weighted by Gasteiger charge is -2.70. The van der Waals surface area contributed by atoms with E-state index in [-0.39, 0.29) is 5.41 Å². The van der Waals surface area contributed by atoms with Gasteiger partial charge in [-0.15, -0.1) is 0 Å². The SMILES string of the molecule is C[C@H]1CC2C[C@H]3CC(c4ccccc4N(c4ccc(-c5ccc(-c6ccccc6-n6c7ccccc7c7ccccc76)cc5)cc4)c4ccc5c(c4)oc4ccccc45)(C1)C23. The average Bonchev–Trinajstić information content (AvgIpc) is 3.83. The van der Waals surface area contributed by atoms with Gasteiger partial charge in [0.05, 0.1) is 16.7 Å². The molecule has 294 valence electrons. The molecule has 13 rings (SSSR count). The highest BCUT2D eigenvalue weighted by molar-refractivity contribution is 6.10. The molecule has 2 aromatic heterocycles. The highest BCUT2D eigenvalue weighted by atomic mass is 16.3. The number of fused-ring (bicyclic) bond motifs is 6. The molecule has 10 aromatic rings. The van der Waals surface area contributed by atoms with Crippen molar-refractivity contribution in [1.82, 2.24) is 4.57 Å². The van der Waals surface area contributed by atoms with Crippen molar-refractivity contribution in [2.24, 2.45) is 23.7 Å². The molecule has 0 N–H and O–H groups in total. The van der Waals surface area contributed by atoms with Crippen molar-refractivity contribution in [3.63, 3.8) is 0 Å². The molecule has 8 aromatic carbocycles. The predicted molar refractivity (Wildman–Crippen MR) is 253 cm³/mol. The van der Waals surface area contributed by atoms with Gasteiger partial charge in [0.15, 0.2) is 0 Å². The summed E-state index contributed by atoms with van der Waals surface area (Å²) in [6.45, 7) is 2.50. The Morgan fingerprint density at radius 1 is 0.508 bits per heavy atom. The predicted octanol–water partition coefficient (Wildman–Crippen LogP) is 15.8. The molecule has 3 fully saturated rings. The van der Waals surface area contributed by atoms with Crippen LogP contribution in [0.15, 0.2) is 192 Å². The van der Waals surface area contributed by atoms with E-state index in [9.17, 15) is 0 Å². The van der Waals surface area contributed by atoms with E-state index in [0.717, 1.165) is 57.0 Å². The fraction of sp³-hybridized carbons (Fsp3) is 0.172. The topological polar surface area (TPSA) is 21.3 Å². The molecule has 3 aliphatic carbocycles. The van der Waals surface area contributed by atoms with Crippen molar-refractivity contribution in [2.45, 2.75) is 38.0 Å². The first-order valence-corrected chi connectivity index (χ1v) is 22.2. The maximum atomic E-state index is 6.50. The molecule has 3 nitrogen and oxygen atoms in total. The van der Waals surface area contributed by atoms with Gasteiger partial charge in [-0.2, -0.15) is 0 Å². The minimum absolute atomic E-state index is 0.255. The Morgan fingerprint density at radius 2 is 1.11 bits per heavy atom. The lowest BCUT2D eigenvalue weighted by molar-refractivity contribution is -0.159. The first kappa shape index (κ1) is 35.0. The largest absolute Gasteiger partial charge is 0.456 e. The Balaban J connectivity index is 0.887. The van der Waals surface area contributed by atoms with Crippen molar-refractivity contribution in [1.29, 1.82) is 0 Å². The molecule has 5 atom stereocenters. The number of hydrogen-bond acceptors (Lipinski definition) is 2. The third-order valence-corrected chi connectivity index (χ3v) is 15.0. The molecule has 0 amide bonds. The molecule has 3 unspecified atom stereocenters. The van der Waals surface area contributed by atoms with Crippen LogP contribution in [0.5, 0.6) is 0 Å². The molecule has 2 heterocycles. The third-order valence-electron chi connectivity index (χ3n) is 15.0. The van der Waals surface area contributed by atoms with Gasteiger partial charge in [-0.05, 0) is 126 Å². The lowest BCUT2D eigenvalue weighted by Crippen LogP contribution is -2.65. The molecular weight excluding hydrogens is 741 g/mol. The molecule has 61 heavy (non-hydrogen) atoms. The molecule has 0 aliphatic heterocycles. The van der Waals surface area contributed by atoms with Crippen LogP contribution in [0.3, 0.4) is 0 Å². The molecule has 3 saturated carbocycles. The molecule has 0 radical (unpaired) electrons. The van der Waals surface area contributed by atoms with Crippen LogP contribution in [0.4, 0.5) is 17.1 Å². The smallest absolute Gasteiger partial charge is 0.137 e. The Hall–Kier alpha value is -6.84. The number of furan rings is 1. The van der Waals surface area contributed by atoms with Crippen LogP contribution in [0, 0.1) is 23.7 Å². The zero-order chi connectivity index (χ0) is 40.2. The first-order valence-electron chi connectivity index (χ1n) is 22.2. The molecule has 0 saturated heterocycles. The van der Waals surface area contributed by atoms with Crippen LogP contribution in [0.1, 0.15) is 38.2 Å². The number of anilines is 3. The zero-order valence-electron chi connectivity index (χ0n) is 34.3. The van der Waals surface area contributed by atoms with Crippen LogP contribution in [0.25, 0.3) is 71.7 Å². The van der Waals surface area contributed by atoms with Gasteiger partial charge in [0, 0.05) is 55.7 Å². The van der Waals surface area contributed by atoms with Crippen LogP contribution < -0.4 is 4.90 Å². The highest BCUT2D eigenvalue weighted by Crippen LogP contribution is 2.72. The van der Waals surface area contributed by atoms with Crippen molar-refractivity contribution >= 4 is 60.8 Å². The van der Waals surface area contributed by atoms with Gasteiger partial charge in [0.25, 0.3) is 0 Å². The minimum atomic E-state index is 0.255. The Bertz CT molecular complexity index is 3260. The summed E-state index contributed by atoms with van der Waals surface area (Å²) in [4.78, 5) is 2.51. The fourth-order valence-corrected chi connectivity index (χ4v) is 12.6. The quantitative estimate of drug-likeness (QED) is 0.160. The normalized spacial score (nSPS) is 21.7. The summed E-state index contributed by atoms with van der Waals surface area (Å²) in [7, 11) is 0. The van der Waals surface area contributed by atoms with E-state index in [4.69, 9.17) is 4.42 Å². The van der Waals surface area contributed by atoms with Gasteiger partial charge in [0.1, 0.15) is 11.2 Å². The van der Waals surface area contributed by atoms with E-state index >= 15 is 0 Å². The second-order valence-electron chi connectivity index (χ2n) is 18.3. The van der Waals surface area contributed by atoms with E-state index in [0.29, 0.717) is 0 Å². The number of para-hydroxylation sites is 5. The average molecular weight is 787 g/mol. The molecule has 0 spiro atoms. The van der Waals surface area contributed by atoms with Crippen molar-refractivity contribution < 1.29 is 4.42 Å². The number of hydrogen-bond donors (Lipinski definition) is 0. The maximum absolute atomic E-state index is 6.50. The van der Waals surface area contributed by atoms with E-state index in [2.05, 4.69) is 204 Å². The number of nitrogens with zero attached hydrogens (tertiary/aromatic N) is 2. The van der Waals surface area contributed by atoms with E-state index in [1.165, 1.54) is 86.7 Å². The standard InChI is InChI=1S/C58H46N2O/c1-37-32-41-33-42-36-58(35-37,57(41)42)50-16-6-10-20-54(50)59(44-30-31-49-48-15-5-11-21-55(48)61-56(49)34-44)43-28-26-39(27-29-43)38-22-24-40(25-23-38)45-12-2-7-17-51(45)60-52-18-8-3-13-46(52)47-14-4-9-19-53(47)60/h2-31,34,37,41-42,57H,32-33,35-36H2,1H3/t37-,41?,42-,57?,58?/m0/s1. The molecule has 0 bridgehead atoms. The van der Waals surface area contributed by atoms with Crippen LogP contribution in [0.2, 0.25) is 0 Å². The van der Waals surface area contributed by atoms with Crippen LogP contribution in [-0.4, -0.2) is 4.57 Å². The Morgan fingerprint density at radius 3 is 1.89 bits per heavy atom. The van der Waals surface area contributed by atoms with E-state index in [1.54, 1.807) is 0 Å². The fourth-order valence-electron chi connectivity index (χ4n) is 12.6. The zero-order valence-corrected chi connectivity index (χ0v) is 34.3. The monoisotopic (exact) mass is 786 g/mol. The maximum Gasteiger partial charge on any atom is 0.137 e. The molecular formula is C58H46N2O. The Kier molecular flexibility index (Phi) is 7.64. The number of rotatable bonds is 7. The van der Waals surface area contributed by atoms with E-state index in [1.807, 2.05) is 0 Å². The van der Waals surface area contributed by atoms with Gasteiger partial charge in [0.2, 0.25) is 0 Å². The summed E-state index contributed by atoms with van der Waals surface area (Å²) in [5.41, 5.74) is 15.7. The van der Waals surface area contributed by atoms with Crippen molar-refractivity contribution in [3.8, 4) is 27.9 Å². The van der Waals surface area contributed by atoms with Crippen molar-refractivity contribution in [2.75, 3.05) is 4.90 Å². The van der Waals surface area contributed by atoms with Crippen LogP contribution >= 0.6 is 0 Å². The van der Waals surface area contributed by atoms with Gasteiger partial charge < -0.3 is 13.9 Å². The molecule has 3 aliphatic rings. The minimum Gasteiger partial charge on any atom is -0.456 e. The van der Waals surface area contributed by atoms with Gasteiger partial charge >= 0.3 is 0 Å². The molecule has 3 heteroatoms. The first-order chi connectivity index (χ1) is 30.1. The summed E-state index contributed by atoms with van der Waals surface area (Å²) in [6, 6.07) is 69.2. The second kappa shape index (κ2) is 13.3. The summed E-state index contributed by atoms with van der Waals surface area (Å²) >= 11 is 0.